The summed E-state index contributed by atoms with van der Waals surface area (Å²) in [6, 6.07) is 0. The van der Waals surface area contributed by atoms with Gasteiger partial charge in [-0.05, 0) is 24.7 Å². The lowest BCUT2D eigenvalue weighted by molar-refractivity contribution is 0.00747. The molecule has 0 saturated heterocycles. The topological polar surface area (TPSA) is 40.5 Å². The Balaban J connectivity index is 5.14. The van der Waals surface area contributed by atoms with Crippen molar-refractivity contribution in [3.8, 4) is 11.8 Å². The lowest BCUT2D eigenvalue weighted by atomic mass is 9.80. The molecule has 94 valence electrons. The van der Waals surface area contributed by atoms with Crippen molar-refractivity contribution in [2.24, 2.45) is 17.8 Å². The smallest absolute Gasteiger partial charge is 0.130 e. The molecule has 16 heavy (non-hydrogen) atoms. The first-order valence-electron chi connectivity index (χ1n) is 6.03. The van der Waals surface area contributed by atoms with Gasteiger partial charge in [-0.1, -0.05) is 53.4 Å². The molecule has 2 nitrogen and oxygen atoms in total. The molecule has 0 aromatic heterocycles. The van der Waals surface area contributed by atoms with Crippen molar-refractivity contribution in [3.05, 3.63) is 0 Å². The third kappa shape index (κ3) is 3.50. The highest BCUT2D eigenvalue weighted by molar-refractivity contribution is 5.22. The van der Waals surface area contributed by atoms with Crippen LogP contribution in [0.2, 0.25) is 0 Å². The van der Waals surface area contributed by atoms with Crippen molar-refractivity contribution in [3.63, 3.8) is 0 Å². The van der Waals surface area contributed by atoms with Gasteiger partial charge in [0.2, 0.25) is 0 Å². The molecule has 1 unspecified atom stereocenters. The lowest BCUT2D eigenvalue weighted by Crippen LogP contribution is -2.40. The lowest BCUT2D eigenvalue weighted by Gasteiger charge is -2.31. The molecular weight excluding hydrogens is 200 g/mol. The van der Waals surface area contributed by atoms with Gasteiger partial charge in [0.1, 0.15) is 11.2 Å². The fourth-order valence-electron chi connectivity index (χ4n) is 1.33. The van der Waals surface area contributed by atoms with Crippen LogP contribution in [0.5, 0.6) is 0 Å². The van der Waals surface area contributed by atoms with E-state index in [4.69, 9.17) is 0 Å². The van der Waals surface area contributed by atoms with Crippen LogP contribution >= 0.6 is 0 Å². The maximum atomic E-state index is 10.4. The molecule has 0 aromatic rings. The quantitative estimate of drug-likeness (QED) is 0.726. The molecule has 0 aliphatic heterocycles. The van der Waals surface area contributed by atoms with Gasteiger partial charge >= 0.3 is 0 Å². The van der Waals surface area contributed by atoms with E-state index in [1.807, 2.05) is 41.5 Å². The predicted molar refractivity (Wildman–Crippen MR) is 67.9 cm³/mol. The first kappa shape index (κ1) is 15.5. The Kier molecular flexibility index (Phi) is 5.04. The summed E-state index contributed by atoms with van der Waals surface area (Å²) in [6.45, 7) is 13.3. The average Bonchev–Trinajstić information content (AvgIpc) is 2.13. The number of rotatable bonds is 3. The average molecular weight is 226 g/mol. The highest BCUT2D eigenvalue weighted by Gasteiger charge is 2.33. The van der Waals surface area contributed by atoms with Crippen LogP contribution in [0, 0.1) is 29.6 Å². The van der Waals surface area contributed by atoms with Crippen LogP contribution in [-0.2, 0) is 0 Å². The van der Waals surface area contributed by atoms with E-state index in [0.29, 0.717) is 0 Å². The van der Waals surface area contributed by atoms with E-state index in [1.165, 1.54) is 0 Å². The largest absolute Gasteiger partial charge is 0.378 e. The van der Waals surface area contributed by atoms with Gasteiger partial charge in [-0.2, -0.15) is 0 Å². The van der Waals surface area contributed by atoms with E-state index in [1.54, 1.807) is 6.92 Å². The first-order chi connectivity index (χ1) is 7.04. The summed E-state index contributed by atoms with van der Waals surface area (Å²) in [4.78, 5) is 0. The predicted octanol–water partition coefficient (Wildman–Crippen LogP) is 2.44. The Bertz CT molecular complexity index is 269. The second-order valence-electron chi connectivity index (χ2n) is 5.69. The summed E-state index contributed by atoms with van der Waals surface area (Å²) in [5.41, 5.74) is -2.07. The van der Waals surface area contributed by atoms with Gasteiger partial charge in [0.25, 0.3) is 0 Å². The Morgan fingerprint density at radius 1 is 0.750 bits per heavy atom. The van der Waals surface area contributed by atoms with E-state index in [9.17, 15) is 10.2 Å². The molecule has 0 fully saturated rings. The van der Waals surface area contributed by atoms with Crippen molar-refractivity contribution in [1.29, 1.82) is 0 Å². The Hall–Kier alpha value is -0.520. The fourth-order valence-corrected chi connectivity index (χ4v) is 1.33. The molecular formula is C14H26O2. The maximum Gasteiger partial charge on any atom is 0.130 e. The van der Waals surface area contributed by atoms with Crippen molar-refractivity contribution in [2.75, 3.05) is 0 Å². The fraction of sp³-hybridized carbons (Fsp3) is 0.857. The third-order valence-corrected chi connectivity index (χ3v) is 3.40. The van der Waals surface area contributed by atoms with Crippen molar-refractivity contribution >= 4 is 0 Å². The standard InChI is InChI=1S/C14H26O2/c1-10(2)13(7,15)8-9-14(16,11(3)4)12(5)6/h10-12,15-16H,1-7H3. The molecule has 2 heteroatoms. The second-order valence-corrected chi connectivity index (χ2v) is 5.69. The monoisotopic (exact) mass is 226 g/mol. The molecule has 0 aromatic carbocycles. The second kappa shape index (κ2) is 5.21. The Morgan fingerprint density at radius 2 is 1.12 bits per heavy atom. The van der Waals surface area contributed by atoms with Crippen molar-refractivity contribution < 1.29 is 10.2 Å². The molecule has 0 heterocycles. The minimum atomic E-state index is -1.04. The maximum absolute atomic E-state index is 10.4. The highest BCUT2D eigenvalue weighted by atomic mass is 16.3. The van der Waals surface area contributed by atoms with Crippen LogP contribution in [0.1, 0.15) is 48.5 Å². The van der Waals surface area contributed by atoms with Crippen LogP contribution in [-0.4, -0.2) is 21.4 Å². The van der Waals surface area contributed by atoms with Crippen LogP contribution in [0.4, 0.5) is 0 Å². The number of aliphatic hydroxyl groups is 2. The van der Waals surface area contributed by atoms with Crippen molar-refractivity contribution in [2.45, 2.75) is 59.7 Å². The SMILES string of the molecule is CC(C)C(C)(O)C#CC(O)(C(C)C)C(C)C. The molecule has 0 aliphatic rings. The van der Waals surface area contributed by atoms with Crippen LogP contribution in [0.25, 0.3) is 0 Å². The van der Waals surface area contributed by atoms with Gasteiger partial charge in [0, 0.05) is 0 Å². The van der Waals surface area contributed by atoms with E-state index < -0.39 is 11.2 Å². The van der Waals surface area contributed by atoms with E-state index in [-0.39, 0.29) is 17.8 Å². The van der Waals surface area contributed by atoms with Gasteiger partial charge in [0.15, 0.2) is 0 Å². The normalized spacial score (nSPS) is 16.2. The van der Waals surface area contributed by atoms with Crippen LogP contribution < -0.4 is 0 Å². The third-order valence-electron chi connectivity index (χ3n) is 3.40. The zero-order chi connectivity index (χ0) is 13.1. The zero-order valence-corrected chi connectivity index (χ0v) is 11.6. The van der Waals surface area contributed by atoms with Gasteiger partial charge in [-0.25, -0.2) is 0 Å². The molecule has 0 spiro atoms. The zero-order valence-electron chi connectivity index (χ0n) is 11.6. The molecule has 0 saturated carbocycles. The molecule has 2 N–H and O–H groups in total. The Labute approximate surface area is 100 Å². The molecule has 0 aliphatic carbocycles. The molecule has 1 atom stereocenters. The van der Waals surface area contributed by atoms with Gasteiger partial charge < -0.3 is 10.2 Å². The van der Waals surface area contributed by atoms with Crippen LogP contribution in [0.3, 0.4) is 0 Å². The highest BCUT2D eigenvalue weighted by Crippen LogP contribution is 2.26. The number of hydrogen-bond acceptors (Lipinski definition) is 2. The Morgan fingerprint density at radius 3 is 1.38 bits per heavy atom. The molecule has 0 radical (unpaired) electrons. The van der Waals surface area contributed by atoms with E-state index in [2.05, 4.69) is 11.8 Å². The summed E-state index contributed by atoms with van der Waals surface area (Å²) in [6.07, 6.45) is 0. The molecule has 0 rings (SSSR count). The summed E-state index contributed by atoms with van der Waals surface area (Å²) < 4.78 is 0. The summed E-state index contributed by atoms with van der Waals surface area (Å²) in [5.74, 6) is 5.82. The number of hydrogen-bond donors (Lipinski definition) is 2. The van der Waals surface area contributed by atoms with E-state index in [0.717, 1.165) is 0 Å². The minimum Gasteiger partial charge on any atom is -0.378 e. The summed E-state index contributed by atoms with van der Waals surface area (Å²) in [7, 11) is 0. The van der Waals surface area contributed by atoms with Gasteiger partial charge in [-0.3, -0.25) is 0 Å². The van der Waals surface area contributed by atoms with Crippen molar-refractivity contribution in [1.82, 2.24) is 0 Å². The molecule has 0 amide bonds. The van der Waals surface area contributed by atoms with Gasteiger partial charge in [-0.15, -0.1) is 0 Å². The van der Waals surface area contributed by atoms with Gasteiger partial charge in [0.05, 0.1) is 0 Å². The summed E-state index contributed by atoms with van der Waals surface area (Å²) in [5, 5.41) is 20.5. The first-order valence-corrected chi connectivity index (χ1v) is 6.03. The van der Waals surface area contributed by atoms with Crippen LogP contribution in [0.15, 0.2) is 0 Å². The summed E-state index contributed by atoms with van der Waals surface area (Å²) >= 11 is 0. The van der Waals surface area contributed by atoms with E-state index >= 15 is 0 Å². The molecule has 0 bridgehead atoms. The minimum absolute atomic E-state index is 0.0444.